The van der Waals surface area contributed by atoms with Gasteiger partial charge in [0.25, 0.3) is 11.8 Å². The van der Waals surface area contributed by atoms with Crippen LogP contribution in [-0.4, -0.2) is 53.0 Å². The van der Waals surface area contributed by atoms with Gasteiger partial charge < -0.3 is 20.7 Å². The first-order chi connectivity index (χ1) is 17.0. The summed E-state index contributed by atoms with van der Waals surface area (Å²) in [6.07, 6.45) is 0.998. The van der Waals surface area contributed by atoms with Gasteiger partial charge in [0.1, 0.15) is 6.04 Å². The Morgan fingerprint density at radius 2 is 1.83 bits per heavy atom. The minimum atomic E-state index is -1.08. The van der Waals surface area contributed by atoms with Crippen molar-refractivity contribution in [3.05, 3.63) is 71.1 Å². The zero-order chi connectivity index (χ0) is 24.4. The summed E-state index contributed by atoms with van der Waals surface area (Å²) in [7, 11) is 0. The first-order valence-corrected chi connectivity index (χ1v) is 12.3. The van der Waals surface area contributed by atoms with Gasteiger partial charge in [-0.2, -0.15) is 0 Å². The second-order valence-electron chi connectivity index (χ2n) is 8.50. The van der Waals surface area contributed by atoms with Gasteiger partial charge >= 0.3 is 0 Å². The Hall–Kier alpha value is -3.60. The summed E-state index contributed by atoms with van der Waals surface area (Å²) >= 11 is 1.27. The van der Waals surface area contributed by atoms with Crippen LogP contribution in [0.25, 0.3) is 11.3 Å². The molecular formula is C25H25N5O4S. The number of amides is 3. The maximum absolute atomic E-state index is 12.9. The summed E-state index contributed by atoms with van der Waals surface area (Å²) in [6.45, 7) is 0.524. The van der Waals surface area contributed by atoms with E-state index >= 15 is 0 Å². The van der Waals surface area contributed by atoms with E-state index < -0.39 is 18.2 Å². The van der Waals surface area contributed by atoms with E-state index in [0.717, 1.165) is 18.4 Å². The minimum Gasteiger partial charge on any atom is -0.349 e. The van der Waals surface area contributed by atoms with E-state index in [2.05, 4.69) is 15.6 Å². The number of benzene rings is 2. The quantitative estimate of drug-likeness (QED) is 0.466. The molecule has 180 valence electrons. The predicted molar refractivity (Wildman–Crippen MR) is 131 cm³/mol. The third-order valence-corrected chi connectivity index (χ3v) is 6.67. The number of ether oxygens (including phenoxy) is 1. The van der Waals surface area contributed by atoms with E-state index in [1.54, 1.807) is 24.3 Å². The lowest BCUT2D eigenvalue weighted by Crippen LogP contribution is -2.47. The van der Waals surface area contributed by atoms with Crippen LogP contribution in [0.5, 0.6) is 0 Å². The van der Waals surface area contributed by atoms with Crippen LogP contribution >= 0.6 is 11.3 Å². The molecule has 0 spiro atoms. The third-order valence-electron chi connectivity index (χ3n) is 5.91. The molecule has 0 bridgehead atoms. The summed E-state index contributed by atoms with van der Waals surface area (Å²) in [5.74, 6) is -0.934. The lowest BCUT2D eigenvalue weighted by Gasteiger charge is -2.25. The Morgan fingerprint density at radius 3 is 2.54 bits per heavy atom. The molecule has 1 aliphatic carbocycles. The molecule has 1 saturated heterocycles. The van der Waals surface area contributed by atoms with Crippen LogP contribution in [0.3, 0.4) is 0 Å². The maximum Gasteiger partial charge on any atom is 0.276 e. The fraction of sp³-hybridized carbons (Fsp3) is 0.280. The Morgan fingerprint density at radius 1 is 1.09 bits per heavy atom. The number of hydrogen-bond donors (Lipinski definition) is 3. The predicted octanol–water partition coefficient (Wildman–Crippen LogP) is 2.53. The number of anilines is 1. The molecule has 3 amide bonds. The fourth-order valence-corrected chi connectivity index (χ4v) is 4.54. The van der Waals surface area contributed by atoms with E-state index in [0.29, 0.717) is 28.0 Å². The molecule has 9 nitrogen and oxygen atoms in total. The van der Waals surface area contributed by atoms with Gasteiger partial charge in [0.15, 0.2) is 5.13 Å². The van der Waals surface area contributed by atoms with E-state index in [9.17, 15) is 14.4 Å². The number of nitrogens with one attached hydrogen (secondary N) is 2. The second-order valence-corrected chi connectivity index (χ2v) is 9.35. The highest BCUT2D eigenvalue weighted by atomic mass is 32.1. The molecule has 2 aromatic carbocycles. The number of nitrogens with zero attached hydrogens (tertiary/aromatic N) is 2. The minimum absolute atomic E-state index is 0.0760. The van der Waals surface area contributed by atoms with Gasteiger partial charge in [-0.3, -0.25) is 19.7 Å². The van der Waals surface area contributed by atoms with E-state index in [1.165, 1.54) is 16.2 Å². The summed E-state index contributed by atoms with van der Waals surface area (Å²) in [5, 5.41) is 7.91. The van der Waals surface area contributed by atoms with Crippen molar-refractivity contribution in [2.75, 3.05) is 18.5 Å². The van der Waals surface area contributed by atoms with Crippen LogP contribution in [-0.2, 0) is 14.3 Å². The van der Waals surface area contributed by atoms with Crippen LogP contribution in [0, 0.1) is 0 Å². The number of carbonyl (C=O) groups is 3. The van der Waals surface area contributed by atoms with Crippen molar-refractivity contribution in [3.63, 3.8) is 0 Å². The van der Waals surface area contributed by atoms with Crippen LogP contribution in [0.4, 0.5) is 5.13 Å². The molecule has 0 radical (unpaired) electrons. The molecule has 2 atom stereocenters. The summed E-state index contributed by atoms with van der Waals surface area (Å²) in [5.41, 5.74) is 8.91. The molecule has 2 aliphatic rings. The van der Waals surface area contributed by atoms with Crippen molar-refractivity contribution >= 4 is 34.2 Å². The molecule has 35 heavy (non-hydrogen) atoms. The van der Waals surface area contributed by atoms with Gasteiger partial charge in [-0.05, 0) is 30.5 Å². The molecule has 2 fully saturated rings. The molecule has 1 aliphatic heterocycles. The van der Waals surface area contributed by atoms with Crippen molar-refractivity contribution in [2.45, 2.75) is 31.2 Å². The van der Waals surface area contributed by atoms with Gasteiger partial charge in [0.2, 0.25) is 12.1 Å². The molecule has 5 rings (SSSR count). The van der Waals surface area contributed by atoms with Crippen LogP contribution < -0.4 is 16.4 Å². The largest absolute Gasteiger partial charge is 0.349 e. The topological polar surface area (TPSA) is 127 Å². The van der Waals surface area contributed by atoms with Crippen molar-refractivity contribution in [2.24, 2.45) is 5.73 Å². The van der Waals surface area contributed by atoms with Crippen molar-refractivity contribution in [1.82, 2.24) is 15.2 Å². The van der Waals surface area contributed by atoms with Crippen molar-refractivity contribution < 1.29 is 19.1 Å². The molecule has 10 heteroatoms. The number of nitrogens with two attached hydrogens (primary N) is 1. The normalized spacial score (nSPS) is 18.2. The van der Waals surface area contributed by atoms with E-state index in [1.807, 2.05) is 35.7 Å². The van der Waals surface area contributed by atoms with Crippen molar-refractivity contribution in [1.29, 1.82) is 0 Å². The summed E-state index contributed by atoms with van der Waals surface area (Å²) in [6, 6.07) is 15.6. The molecule has 1 saturated carbocycles. The number of carbonyl (C=O) groups excluding carboxylic acids is 3. The van der Waals surface area contributed by atoms with Crippen LogP contribution in [0.2, 0.25) is 0 Å². The average Bonchev–Trinajstić information content (AvgIpc) is 3.36. The van der Waals surface area contributed by atoms with Gasteiger partial charge in [-0.1, -0.05) is 42.5 Å². The number of aromatic nitrogens is 1. The highest BCUT2D eigenvalue weighted by Crippen LogP contribution is 2.27. The molecular weight excluding hydrogens is 466 g/mol. The fourth-order valence-electron chi connectivity index (χ4n) is 3.81. The van der Waals surface area contributed by atoms with Gasteiger partial charge in [-0.15, -0.1) is 11.3 Å². The maximum atomic E-state index is 12.9. The first kappa shape index (κ1) is 23.2. The Kier molecular flexibility index (Phi) is 6.58. The Bertz CT molecular complexity index is 1230. The number of rotatable bonds is 7. The SMILES string of the molecule is N[C@@H](C(=O)N1CCO[C@H]1C(=O)Nc1nc(-c2ccc(C(=O)NC3CC3)cc2)cs1)c1ccccc1. The molecule has 1 aromatic heterocycles. The smallest absolute Gasteiger partial charge is 0.276 e. The van der Waals surface area contributed by atoms with Crippen LogP contribution in [0.15, 0.2) is 60.0 Å². The zero-order valence-corrected chi connectivity index (χ0v) is 19.7. The standard InChI is InChI=1S/C25H25N5O4S/c26-20(16-4-2-1-3-5-16)23(33)30-12-13-34-24(30)22(32)29-25-28-19(14-35-25)15-6-8-17(9-7-15)21(31)27-18-10-11-18/h1-9,14,18,20,24H,10-13,26H2,(H,27,31)(H,28,29,32)/t20-,24+/m1/s1. The van der Waals surface area contributed by atoms with E-state index in [-0.39, 0.29) is 25.0 Å². The molecule has 2 heterocycles. The Labute approximate surface area is 206 Å². The highest BCUT2D eigenvalue weighted by molar-refractivity contribution is 7.14. The Balaban J connectivity index is 1.22. The monoisotopic (exact) mass is 491 g/mol. The average molecular weight is 492 g/mol. The van der Waals surface area contributed by atoms with Crippen LogP contribution in [0.1, 0.15) is 34.8 Å². The number of thiazole rings is 1. The summed E-state index contributed by atoms with van der Waals surface area (Å²) < 4.78 is 5.54. The summed E-state index contributed by atoms with van der Waals surface area (Å²) in [4.78, 5) is 43.8. The molecule has 3 aromatic rings. The van der Waals surface area contributed by atoms with E-state index in [4.69, 9.17) is 10.5 Å². The van der Waals surface area contributed by atoms with Gasteiger partial charge in [-0.25, -0.2) is 4.98 Å². The molecule has 0 unspecified atom stereocenters. The second kappa shape index (κ2) is 9.95. The van der Waals surface area contributed by atoms with Gasteiger partial charge in [0.05, 0.1) is 12.3 Å². The lowest BCUT2D eigenvalue weighted by atomic mass is 10.1. The van der Waals surface area contributed by atoms with Gasteiger partial charge in [0, 0.05) is 29.1 Å². The van der Waals surface area contributed by atoms with Crippen molar-refractivity contribution in [3.8, 4) is 11.3 Å². The third kappa shape index (κ3) is 5.24. The highest BCUT2D eigenvalue weighted by Gasteiger charge is 2.38. The zero-order valence-electron chi connectivity index (χ0n) is 18.8. The lowest BCUT2D eigenvalue weighted by molar-refractivity contribution is -0.145. The first-order valence-electron chi connectivity index (χ1n) is 11.4. The number of hydrogen-bond acceptors (Lipinski definition) is 7. The molecule has 4 N–H and O–H groups in total.